The van der Waals surface area contributed by atoms with Crippen molar-refractivity contribution in [3.05, 3.63) is 35.5 Å². The first-order chi connectivity index (χ1) is 14.3. The first kappa shape index (κ1) is 20.9. The van der Waals surface area contributed by atoms with Crippen LogP contribution >= 0.6 is 0 Å². The van der Waals surface area contributed by atoms with Gasteiger partial charge in [-0.25, -0.2) is 0 Å². The van der Waals surface area contributed by atoms with E-state index in [2.05, 4.69) is 55.2 Å². The van der Waals surface area contributed by atoms with Crippen LogP contribution in [0.1, 0.15) is 50.8 Å². The van der Waals surface area contributed by atoms with Gasteiger partial charge in [-0.2, -0.15) is 0 Å². The normalized spacial score (nSPS) is 22.3. The second-order valence-corrected chi connectivity index (χ2v) is 9.30. The smallest absolute Gasteiger partial charge is 0.240 e. The van der Waals surface area contributed by atoms with Crippen molar-refractivity contribution in [3.63, 3.8) is 0 Å². The third-order valence-electron chi connectivity index (χ3n) is 6.59. The summed E-state index contributed by atoms with van der Waals surface area (Å²) >= 11 is 0. The number of amides is 2. The van der Waals surface area contributed by atoms with Crippen LogP contribution in [0.3, 0.4) is 0 Å². The van der Waals surface area contributed by atoms with Crippen LogP contribution in [-0.2, 0) is 23.1 Å². The molecule has 2 amide bonds. The zero-order valence-electron chi connectivity index (χ0n) is 18.6. The van der Waals surface area contributed by atoms with E-state index in [9.17, 15) is 9.59 Å². The van der Waals surface area contributed by atoms with E-state index in [4.69, 9.17) is 0 Å². The van der Waals surface area contributed by atoms with Gasteiger partial charge in [-0.1, -0.05) is 26.0 Å². The summed E-state index contributed by atoms with van der Waals surface area (Å²) < 4.78 is 2.18. The van der Waals surface area contributed by atoms with Crippen molar-refractivity contribution < 1.29 is 9.59 Å². The molecule has 2 unspecified atom stereocenters. The first-order valence-electron chi connectivity index (χ1n) is 11.2. The van der Waals surface area contributed by atoms with Gasteiger partial charge in [0.2, 0.25) is 11.8 Å². The molecule has 4 rings (SSSR count). The van der Waals surface area contributed by atoms with Crippen LogP contribution in [0.4, 0.5) is 0 Å². The highest BCUT2D eigenvalue weighted by Crippen LogP contribution is 2.35. The molecule has 1 fully saturated rings. The molecule has 0 bridgehead atoms. The lowest BCUT2D eigenvalue weighted by atomic mass is 9.94. The summed E-state index contributed by atoms with van der Waals surface area (Å²) in [5, 5.41) is 5.04. The van der Waals surface area contributed by atoms with Crippen LogP contribution in [0.5, 0.6) is 0 Å². The Hall–Kier alpha value is -2.34. The monoisotopic (exact) mass is 410 g/mol. The molecule has 2 atom stereocenters. The summed E-state index contributed by atoms with van der Waals surface area (Å²) in [6.07, 6.45) is 4.72. The molecule has 2 aromatic rings. The number of aryl methyl sites for hydroxylation is 1. The molecule has 0 spiro atoms. The highest BCUT2D eigenvalue weighted by molar-refractivity contribution is 5.90. The van der Waals surface area contributed by atoms with Crippen molar-refractivity contribution in [1.82, 2.24) is 19.7 Å². The number of rotatable bonds is 3. The van der Waals surface area contributed by atoms with Gasteiger partial charge in [0.25, 0.3) is 0 Å². The number of carbonyl (C=O) groups is 2. The standard InChI is InChI=1S/C24H34N4O2/c1-16(2)13-20-19-7-5-8-22-23(19)18(15-26(22)4)14-21(25-20)24(30)28-10-6-9-27(11-12-28)17(3)29/h5,7-8,15-16,20-21,25H,6,9-14H2,1-4H3. The lowest BCUT2D eigenvalue weighted by molar-refractivity contribution is -0.134. The largest absolute Gasteiger partial charge is 0.350 e. The van der Waals surface area contributed by atoms with Gasteiger partial charge in [0, 0.05) is 63.3 Å². The van der Waals surface area contributed by atoms with Crippen molar-refractivity contribution in [2.75, 3.05) is 26.2 Å². The van der Waals surface area contributed by atoms with Gasteiger partial charge < -0.3 is 14.4 Å². The Morgan fingerprint density at radius 3 is 2.60 bits per heavy atom. The number of carbonyl (C=O) groups excluding carboxylic acids is 2. The van der Waals surface area contributed by atoms with Crippen molar-refractivity contribution in [2.45, 2.75) is 52.1 Å². The molecule has 162 valence electrons. The minimum Gasteiger partial charge on any atom is -0.350 e. The maximum absolute atomic E-state index is 13.6. The summed E-state index contributed by atoms with van der Waals surface area (Å²) in [7, 11) is 2.09. The minimum atomic E-state index is -0.240. The van der Waals surface area contributed by atoms with Gasteiger partial charge in [0.1, 0.15) is 0 Å². The lowest BCUT2D eigenvalue weighted by Crippen LogP contribution is -2.49. The Balaban J connectivity index is 1.63. The molecule has 1 aromatic heterocycles. The molecular weight excluding hydrogens is 376 g/mol. The third-order valence-corrected chi connectivity index (χ3v) is 6.59. The summed E-state index contributed by atoms with van der Waals surface area (Å²) in [4.78, 5) is 29.2. The Bertz CT molecular complexity index is 948. The quantitative estimate of drug-likeness (QED) is 0.847. The molecule has 30 heavy (non-hydrogen) atoms. The van der Waals surface area contributed by atoms with E-state index in [1.165, 1.54) is 22.0 Å². The number of hydrogen-bond acceptors (Lipinski definition) is 3. The number of nitrogens with one attached hydrogen (secondary N) is 1. The number of nitrogens with zero attached hydrogens (tertiary/aromatic N) is 3. The molecule has 1 aromatic carbocycles. The fourth-order valence-electron chi connectivity index (χ4n) is 5.12. The van der Waals surface area contributed by atoms with Gasteiger partial charge in [0.05, 0.1) is 6.04 Å². The molecule has 1 N–H and O–H groups in total. The van der Waals surface area contributed by atoms with Crippen molar-refractivity contribution >= 4 is 22.7 Å². The predicted octanol–water partition coefficient (Wildman–Crippen LogP) is 2.86. The van der Waals surface area contributed by atoms with E-state index in [0.29, 0.717) is 32.0 Å². The van der Waals surface area contributed by atoms with Crippen LogP contribution in [0.2, 0.25) is 0 Å². The first-order valence-corrected chi connectivity index (χ1v) is 11.2. The number of benzene rings is 1. The number of aromatic nitrogens is 1. The lowest BCUT2D eigenvalue weighted by Gasteiger charge is -2.29. The van der Waals surface area contributed by atoms with Gasteiger partial charge in [0.15, 0.2) is 0 Å². The molecule has 0 aliphatic carbocycles. The fourth-order valence-corrected chi connectivity index (χ4v) is 5.12. The zero-order chi connectivity index (χ0) is 21.4. The summed E-state index contributed by atoms with van der Waals surface area (Å²) in [5.74, 6) is 0.788. The molecule has 6 heteroatoms. The van der Waals surface area contributed by atoms with Crippen LogP contribution in [-0.4, -0.2) is 58.4 Å². The highest BCUT2D eigenvalue weighted by Gasteiger charge is 2.33. The zero-order valence-corrected chi connectivity index (χ0v) is 18.6. The van der Waals surface area contributed by atoms with E-state index < -0.39 is 0 Å². The molecule has 0 radical (unpaired) electrons. The summed E-state index contributed by atoms with van der Waals surface area (Å²) in [6.45, 7) is 8.77. The molecule has 2 aliphatic rings. The maximum atomic E-state index is 13.6. The van der Waals surface area contributed by atoms with Gasteiger partial charge >= 0.3 is 0 Å². The Morgan fingerprint density at radius 1 is 1.13 bits per heavy atom. The van der Waals surface area contributed by atoms with Gasteiger partial charge in [-0.05, 0) is 42.4 Å². The van der Waals surface area contributed by atoms with E-state index in [-0.39, 0.29) is 23.9 Å². The maximum Gasteiger partial charge on any atom is 0.240 e. The van der Waals surface area contributed by atoms with Crippen LogP contribution in [0.25, 0.3) is 10.9 Å². The fraction of sp³-hybridized carbons (Fsp3) is 0.583. The highest BCUT2D eigenvalue weighted by atomic mass is 16.2. The molecule has 3 heterocycles. The average molecular weight is 411 g/mol. The van der Waals surface area contributed by atoms with E-state index in [0.717, 1.165) is 19.4 Å². The molecule has 2 aliphatic heterocycles. The Kier molecular flexibility index (Phi) is 5.87. The van der Waals surface area contributed by atoms with Crippen LogP contribution < -0.4 is 5.32 Å². The summed E-state index contributed by atoms with van der Waals surface area (Å²) in [5.41, 5.74) is 3.80. The van der Waals surface area contributed by atoms with Gasteiger partial charge in [-0.15, -0.1) is 0 Å². The molecule has 1 saturated heterocycles. The third kappa shape index (κ3) is 3.97. The van der Waals surface area contributed by atoms with Gasteiger partial charge in [-0.3, -0.25) is 14.9 Å². The van der Waals surface area contributed by atoms with E-state index in [1.807, 2.05) is 9.80 Å². The SMILES string of the molecule is CC(=O)N1CCCN(C(=O)C2Cc3cn(C)c4cccc(c34)C(CC(C)C)N2)CC1. The van der Waals surface area contributed by atoms with Crippen LogP contribution in [0.15, 0.2) is 24.4 Å². The van der Waals surface area contributed by atoms with E-state index >= 15 is 0 Å². The topological polar surface area (TPSA) is 57.6 Å². The Labute approximate surface area is 179 Å². The predicted molar refractivity (Wildman–Crippen MR) is 119 cm³/mol. The van der Waals surface area contributed by atoms with Crippen LogP contribution in [0, 0.1) is 5.92 Å². The van der Waals surface area contributed by atoms with Crippen molar-refractivity contribution in [3.8, 4) is 0 Å². The summed E-state index contributed by atoms with van der Waals surface area (Å²) in [6, 6.07) is 6.43. The van der Waals surface area contributed by atoms with Crippen molar-refractivity contribution in [2.24, 2.45) is 13.0 Å². The molecule has 0 saturated carbocycles. The second kappa shape index (κ2) is 8.42. The second-order valence-electron chi connectivity index (χ2n) is 9.30. The number of hydrogen-bond donors (Lipinski definition) is 1. The average Bonchev–Trinajstić information content (AvgIpc) is 2.87. The molecule has 6 nitrogen and oxygen atoms in total. The van der Waals surface area contributed by atoms with Crippen molar-refractivity contribution in [1.29, 1.82) is 0 Å². The minimum absolute atomic E-state index is 0.0935. The molecular formula is C24H34N4O2. The Morgan fingerprint density at radius 2 is 1.87 bits per heavy atom. The van der Waals surface area contributed by atoms with E-state index in [1.54, 1.807) is 6.92 Å².